The van der Waals surface area contributed by atoms with E-state index in [1.165, 1.54) is 46.5 Å². The summed E-state index contributed by atoms with van der Waals surface area (Å²) in [5.41, 5.74) is 8.46. The molecule has 2 N–H and O–H groups in total. The molecule has 1 aliphatic rings. The van der Waals surface area contributed by atoms with Gasteiger partial charge in [-0.15, -0.1) is 0 Å². The van der Waals surface area contributed by atoms with Crippen molar-refractivity contribution >= 4 is 28.2 Å². The third-order valence-corrected chi connectivity index (χ3v) is 4.82. The van der Waals surface area contributed by atoms with Gasteiger partial charge in [-0.3, -0.25) is 0 Å². The minimum absolute atomic E-state index is 0.608. The van der Waals surface area contributed by atoms with Gasteiger partial charge in [-0.05, 0) is 29.2 Å². The van der Waals surface area contributed by atoms with E-state index in [-0.39, 0.29) is 0 Å². The van der Waals surface area contributed by atoms with Crippen molar-refractivity contribution in [2.75, 3.05) is 29.5 Å². The molecule has 2 aromatic carbocycles. The predicted octanol–water partition coefficient (Wildman–Crippen LogP) is 3.24. The van der Waals surface area contributed by atoms with Crippen LogP contribution in [0.25, 0.3) is 10.8 Å². The summed E-state index contributed by atoms with van der Waals surface area (Å²) in [5.74, 6) is 2.52. The molecule has 0 saturated carbocycles. The maximum atomic E-state index is 5.85. The van der Waals surface area contributed by atoms with Crippen molar-refractivity contribution in [3.63, 3.8) is 0 Å². The molecular weight excluding hydrogens is 252 g/mol. The molecule has 0 atom stereocenters. The van der Waals surface area contributed by atoms with E-state index in [9.17, 15) is 0 Å². The van der Waals surface area contributed by atoms with Crippen molar-refractivity contribution in [2.45, 2.75) is 13.0 Å². The number of anilines is 1. The average Bonchev–Trinajstić information content (AvgIpc) is 2.75. The Kier molecular flexibility index (Phi) is 3.95. The molecule has 1 saturated heterocycles. The monoisotopic (exact) mass is 272 g/mol. The summed E-state index contributed by atoms with van der Waals surface area (Å²) < 4.78 is 0. The fourth-order valence-corrected chi connectivity index (χ4v) is 3.67. The number of hydrogen-bond donors (Lipinski definition) is 1. The Labute approximate surface area is 119 Å². The first-order valence-corrected chi connectivity index (χ1v) is 8.09. The second kappa shape index (κ2) is 5.85. The third-order valence-electron chi connectivity index (χ3n) is 3.77. The molecule has 0 aliphatic carbocycles. The number of nitrogens with two attached hydrogens (primary N) is 1. The van der Waals surface area contributed by atoms with Crippen LogP contribution in [0.3, 0.4) is 0 Å². The van der Waals surface area contributed by atoms with E-state index in [0.29, 0.717) is 6.54 Å². The molecule has 0 bridgehead atoms. The Morgan fingerprint density at radius 3 is 2.68 bits per heavy atom. The molecule has 3 heteroatoms. The van der Waals surface area contributed by atoms with Gasteiger partial charge in [0, 0.05) is 36.5 Å². The number of nitrogens with zero attached hydrogens (tertiary/aromatic N) is 1. The van der Waals surface area contributed by atoms with E-state index < -0.39 is 0 Å². The van der Waals surface area contributed by atoms with Gasteiger partial charge in [0.2, 0.25) is 0 Å². The molecule has 1 aliphatic heterocycles. The zero-order valence-electron chi connectivity index (χ0n) is 11.1. The Morgan fingerprint density at radius 2 is 1.84 bits per heavy atom. The minimum Gasteiger partial charge on any atom is -0.370 e. The van der Waals surface area contributed by atoms with Crippen LogP contribution in [0.4, 0.5) is 5.69 Å². The van der Waals surface area contributed by atoms with E-state index in [2.05, 4.69) is 53.1 Å². The fraction of sp³-hybridized carbons (Fsp3) is 0.375. The van der Waals surface area contributed by atoms with Gasteiger partial charge < -0.3 is 10.6 Å². The van der Waals surface area contributed by atoms with Gasteiger partial charge >= 0.3 is 0 Å². The molecule has 1 fully saturated rings. The van der Waals surface area contributed by atoms with Gasteiger partial charge in [-0.2, -0.15) is 11.8 Å². The zero-order chi connectivity index (χ0) is 13.1. The molecule has 100 valence electrons. The molecule has 0 spiro atoms. The van der Waals surface area contributed by atoms with Gasteiger partial charge in [0.25, 0.3) is 0 Å². The second-order valence-corrected chi connectivity index (χ2v) is 6.17. The van der Waals surface area contributed by atoms with Crippen LogP contribution < -0.4 is 10.6 Å². The minimum atomic E-state index is 0.608. The summed E-state index contributed by atoms with van der Waals surface area (Å²) in [6, 6.07) is 13.1. The van der Waals surface area contributed by atoms with E-state index in [4.69, 9.17) is 5.73 Å². The number of thioether (sulfide) groups is 1. The van der Waals surface area contributed by atoms with E-state index in [0.717, 1.165) is 6.54 Å². The Balaban J connectivity index is 2.08. The van der Waals surface area contributed by atoms with Crippen molar-refractivity contribution in [3.05, 3.63) is 42.0 Å². The lowest BCUT2D eigenvalue weighted by Gasteiger charge is -2.24. The van der Waals surface area contributed by atoms with Crippen LogP contribution in [-0.2, 0) is 6.54 Å². The zero-order valence-corrected chi connectivity index (χ0v) is 12.0. The maximum absolute atomic E-state index is 5.85. The van der Waals surface area contributed by atoms with Crippen LogP contribution in [0, 0.1) is 0 Å². The average molecular weight is 272 g/mol. The summed E-state index contributed by atoms with van der Waals surface area (Å²) in [6.07, 6.45) is 1.28. The number of fused-ring (bicyclic) bond motifs is 1. The number of hydrogen-bond acceptors (Lipinski definition) is 3. The highest BCUT2D eigenvalue weighted by Gasteiger charge is 2.13. The molecule has 0 unspecified atom stereocenters. The summed E-state index contributed by atoms with van der Waals surface area (Å²) in [5, 5.41) is 2.65. The van der Waals surface area contributed by atoms with Crippen molar-refractivity contribution in [1.82, 2.24) is 0 Å². The largest absolute Gasteiger partial charge is 0.370 e. The first-order valence-electron chi connectivity index (χ1n) is 6.93. The van der Waals surface area contributed by atoms with Crippen LogP contribution >= 0.6 is 11.8 Å². The van der Waals surface area contributed by atoms with Crippen LogP contribution in [0.15, 0.2) is 36.4 Å². The lowest BCUT2D eigenvalue weighted by Crippen LogP contribution is -2.25. The van der Waals surface area contributed by atoms with Gasteiger partial charge in [-0.1, -0.05) is 30.3 Å². The summed E-state index contributed by atoms with van der Waals surface area (Å²) >= 11 is 2.07. The maximum Gasteiger partial charge on any atom is 0.0446 e. The van der Waals surface area contributed by atoms with Crippen molar-refractivity contribution in [1.29, 1.82) is 0 Å². The van der Waals surface area contributed by atoms with Crippen LogP contribution in [0.2, 0.25) is 0 Å². The fourth-order valence-electron chi connectivity index (χ4n) is 2.79. The summed E-state index contributed by atoms with van der Waals surface area (Å²) in [4.78, 5) is 2.53. The first kappa shape index (κ1) is 12.8. The normalized spacial score (nSPS) is 16.6. The topological polar surface area (TPSA) is 29.3 Å². The van der Waals surface area contributed by atoms with E-state index >= 15 is 0 Å². The van der Waals surface area contributed by atoms with Gasteiger partial charge in [0.1, 0.15) is 0 Å². The summed E-state index contributed by atoms with van der Waals surface area (Å²) in [6.45, 7) is 2.92. The lowest BCUT2D eigenvalue weighted by molar-refractivity contribution is 0.819. The predicted molar refractivity (Wildman–Crippen MR) is 86.0 cm³/mol. The molecule has 2 nitrogen and oxygen atoms in total. The van der Waals surface area contributed by atoms with Crippen LogP contribution in [-0.4, -0.2) is 24.6 Å². The molecule has 0 aromatic heterocycles. The van der Waals surface area contributed by atoms with Crippen molar-refractivity contribution < 1.29 is 0 Å². The Hall–Kier alpha value is -1.19. The third kappa shape index (κ3) is 2.58. The SMILES string of the molecule is NCc1ccc(N2CCCSCC2)c2ccccc12. The highest BCUT2D eigenvalue weighted by molar-refractivity contribution is 7.99. The molecule has 3 rings (SSSR count). The molecule has 1 heterocycles. The standard InChI is InChI=1S/C16H20N2S/c17-12-13-6-7-16(15-5-2-1-4-14(13)15)18-8-3-10-19-11-9-18/h1-2,4-7H,3,8-12,17H2. The Bertz CT molecular complexity index is 560. The smallest absolute Gasteiger partial charge is 0.0446 e. The van der Waals surface area contributed by atoms with Gasteiger partial charge in [-0.25, -0.2) is 0 Å². The molecule has 0 amide bonds. The van der Waals surface area contributed by atoms with Gasteiger partial charge in [0.05, 0.1) is 0 Å². The quantitative estimate of drug-likeness (QED) is 0.910. The van der Waals surface area contributed by atoms with E-state index in [1.807, 2.05) is 0 Å². The summed E-state index contributed by atoms with van der Waals surface area (Å²) in [7, 11) is 0. The molecule has 19 heavy (non-hydrogen) atoms. The van der Waals surface area contributed by atoms with Crippen molar-refractivity contribution in [3.8, 4) is 0 Å². The molecular formula is C16H20N2S. The van der Waals surface area contributed by atoms with Crippen LogP contribution in [0.1, 0.15) is 12.0 Å². The van der Waals surface area contributed by atoms with Gasteiger partial charge in [0.15, 0.2) is 0 Å². The highest BCUT2D eigenvalue weighted by atomic mass is 32.2. The lowest BCUT2D eigenvalue weighted by atomic mass is 10.0. The molecule has 2 aromatic rings. The first-order chi connectivity index (χ1) is 9.40. The molecule has 0 radical (unpaired) electrons. The van der Waals surface area contributed by atoms with Crippen molar-refractivity contribution in [2.24, 2.45) is 5.73 Å². The number of rotatable bonds is 2. The van der Waals surface area contributed by atoms with E-state index in [1.54, 1.807) is 0 Å². The number of benzene rings is 2. The Morgan fingerprint density at radius 1 is 1.00 bits per heavy atom. The second-order valence-electron chi connectivity index (χ2n) is 4.95. The van der Waals surface area contributed by atoms with Crippen LogP contribution in [0.5, 0.6) is 0 Å². The highest BCUT2D eigenvalue weighted by Crippen LogP contribution is 2.30.